The average molecular weight is 509 g/mol. The fraction of sp³-hybridized carbons (Fsp3) is 0.357. The van der Waals surface area contributed by atoms with Gasteiger partial charge >= 0.3 is 6.09 Å². The van der Waals surface area contributed by atoms with Gasteiger partial charge in [0.2, 0.25) is 0 Å². The second-order valence-corrected chi connectivity index (χ2v) is 12.2. The molecule has 0 radical (unpaired) electrons. The van der Waals surface area contributed by atoms with E-state index in [1.54, 1.807) is 75.4 Å². The zero-order valence-electron chi connectivity index (χ0n) is 21.1. The first-order valence-corrected chi connectivity index (χ1v) is 13.4. The average Bonchev–Trinajstić information content (AvgIpc) is 3.15. The number of hydrogen-bond donors (Lipinski definition) is 1. The number of carbonyl (C=O) groups excluding carboxylic acids is 2. The SMILES string of the molecule is C=CC[C@]1(CNC(=O)OC(C)(C)C)CCc2c(c3ccccc3n2S(=O)(=O)c2ccc(C)cc2)C1=O. The topological polar surface area (TPSA) is 94.5 Å². The fourth-order valence-corrected chi connectivity index (χ4v) is 6.42. The van der Waals surface area contributed by atoms with Crippen molar-refractivity contribution in [2.24, 2.45) is 5.41 Å². The van der Waals surface area contributed by atoms with Gasteiger partial charge in [0.15, 0.2) is 5.78 Å². The maximum Gasteiger partial charge on any atom is 0.407 e. The second-order valence-electron chi connectivity index (χ2n) is 10.4. The van der Waals surface area contributed by atoms with E-state index in [0.29, 0.717) is 41.4 Å². The van der Waals surface area contributed by atoms with E-state index >= 15 is 0 Å². The van der Waals surface area contributed by atoms with Gasteiger partial charge < -0.3 is 10.1 Å². The molecule has 0 bridgehead atoms. The number of aromatic nitrogens is 1. The number of benzene rings is 2. The summed E-state index contributed by atoms with van der Waals surface area (Å²) in [6.45, 7) is 11.1. The molecule has 7 nitrogen and oxygen atoms in total. The lowest BCUT2D eigenvalue weighted by Crippen LogP contribution is -2.46. The number of allylic oxidation sites excluding steroid dienone is 1. The van der Waals surface area contributed by atoms with Crippen molar-refractivity contribution in [2.75, 3.05) is 6.54 Å². The first kappa shape index (κ1) is 25.7. The number of hydrogen-bond acceptors (Lipinski definition) is 5. The van der Waals surface area contributed by atoms with Crippen molar-refractivity contribution >= 4 is 32.8 Å². The molecule has 3 aromatic rings. The smallest absolute Gasteiger partial charge is 0.407 e. The fourth-order valence-electron chi connectivity index (χ4n) is 4.84. The normalized spacial score (nSPS) is 18.1. The summed E-state index contributed by atoms with van der Waals surface area (Å²) in [5, 5.41) is 3.34. The van der Waals surface area contributed by atoms with Crippen LogP contribution >= 0.6 is 0 Å². The molecule has 0 aliphatic heterocycles. The Bertz CT molecular complexity index is 1450. The molecule has 1 atom stereocenters. The predicted octanol–water partition coefficient (Wildman–Crippen LogP) is 5.40. The van der Waals surface area contributed by atoms with E-state index in [9.17, 15) is 18.0 Å². The highest BCUT2D eigenvalue weighted by atomic mass is 32.2. The lowest BCUT2D eigenvalue weighted by molar-refractivity contribution is 0.0486. The number of amides is 1. The first-order valence-electron chi connectivity index (χ1n) is 12.0. The molecule has 190 valence electrons. The summed E-state index contributed by atoms with van der Waals surface area (Å²) in [4.78, 5) is 26.7. The molecule has 1 N–H and O–H groups in total. The largest absolute Gasteiger partial charge is 0.444 e. The van der Waals surface area contributed by atoms with E-state index in [2.05, 4.69) is 11.9 Å². The minimum absolute atomic E-state index is 0.0659. The summed E-state index contributed by atoms with van der Waals surface area (Å²) in [6, 6.07) is 13.7. The van der Waals surface area contributed by atoms with Crippen molar-refractivity contribution < 1.29 is 22.7 Å². The van der Waals surface area contributed by atoms with Crippen LogP contribution in [-0.4, -0.2) is 36.4 Å². The molecular weight excluding hydrogens is 476 g/mol. The van der Waals surface area contributed by atoms with Crippen molar-refractivity contribution in [3.05, 3.63) is 78.0 Å². The van der Waals surface area contributed by atoms with Crippen molar-refractivity contribution in [2.45, 2.75) is 57.5 Å². The summed E-state index contributed by atoms with van der Waals surface area (Å²) >= 11 is 0. The van der Waals surface area contributed by atoms with Crippen LogP contribution < -0.4 is 5.32 Å². The van der Waals surface area contributed by atoms with Gasteiger partial charge in [0.25, 0.3) is 10.0 Å². The lowest BCUT2D eigenvalue weighted by atomic mass is 9.69. The molecule has 36 heavy (non-hydrogen) atoms. The number of rotatable bonds is 6. The van der Waals surface area contributed by atoms with Gasteiger partial charge in [-0.15, -0.1) is 6.58 Å². The Morgan fingerprint density at radius 2 is 1.83 bits per heavy atom. The standard InChI is InChI=1S/C28H32N2O5S/c1-6-16-28(18-29-26(32)35-27(3,4)5)17-15-23-24(25(28)31)21-9-7-8-10-22(21)30(23)36(33,34)20-13-11-19(2)12-14-20/h6-14H,1,15-18H2,2-5H3,(H,29,32)/t28-/m1/s1. The number of nitrogens with zero attached hydrogens (tertiary/aromatic N) is 1. The molecule has 0 spiro atoms. The van der Waals surface area contributed by atoms with E-state index in [4.69, 9.17) is 4.74 Å². The lowest BCUT2D eigenvalue weighted by Gasteiger charge is -2.35. The van der Waals surface area contributed by atoms with Gasteiger partial charge in [-0.3, -0.25) is 4.79 Å². The number of para-hydroxylation sites is 1. The molecule has 0 fully saturated rings. The third-order valence-electron chi connectivity index (χ3n) is 6.54. The minimum Gasteiger partial charge on any atom is -0.444 e. The summed E-state index contributed by atoms with van der Waals surface area (Å²) < 4.78 is 34.3. The van der Waals surface area contributed by atoms with Gasteiger partial charge in [-0.1, -0.05) is 42.0 Å². The van der Waals surface area contributed by atoms with Crippen LogP contribution in [-0.2, 0) is 21.2 Å². The van der Waals surface area contributed by atoms with E-state index < -0.39 is 27.1 Å². The molecule has 0 saturated heterocycles. The van der Waals surface area contributed by atoms with E-state index in [-0.39, 0.29) is 17.2 Å². The molecule has 0 saturated carbocycles. The van der Waals surface area contributed by atoms with E-state index in [0.717, 1.165) is 5.56 Å². The van der Waals surface area contributed by atoms with Crippen LogP contribution in [0, 0.1) is 12.3 Å². The number of carbonyl (C=O) groups is 2. The maximum absolute atomic E-state index is 14.1. The number of nitrogens with one attached hydrogen (secondary N) is 1. The first-order chi connectivity index (χ1) is 16.9. The minimum atomic E-state index is -3.94. The molecule has 1 heterocycles. The monoisotopic (exact) mass is 508 g/mol. The Balaban J connectivity index is 1.82. The Morgan fingerprint density at radius 3 is 2.47 bits per heavy atom. The van der Waals surface area contributed by atoms with Crippen LogP contribution in [0.4, 0.5) is 4.79 Å². The quantitative estimate of drug-likeness (QED) is 0.450. The van der Waals surface area contributed by atoms with Gasteiger partial charge in [-0.25, -0.2) is 17.2 Å². The predicted molar refractivity (Wildman–Crippen MR) is 140 cm³/mol. The Kier molecular flexibility index (Phi) is 6.60. The molecule has 1 aliphatic rings. The molecule has 1 aliphatic carbocycles. The number of fused-ring (bicyclic) bond motifs is 3. The Labute approximate surface area is 212 Å². The Hall–Kier alpha value is -3.39. The number of aryl methyl sites for hydroxylation is 1. The second kappa shape index (κ2) is 9.24. The zero-order valence-corrected chi connectivity index (χ0v) is 21.9. The maximum atomic E-state index is 14.1. The summed E-state index contributed by atoms with van der Waals surface area (Å²) in [5.74, 6) is -0.200. The van der Waals surface area contributed by atoms with Crippen LogP contribution in [0.5, 0.6) is 0 Å². The third-order valence-corrected chi connectivity index (χ3v) is 8.30. The Morgan fingerprint density at radius 1 is 1.17 bits per heavy atom. The van der Waals surface area contributed by atoms with Gasteiger partial charge in [0.05, 0.1) is 15.8 Å². The van der Waals surface area contributed by atoms with Gasteiger partial charge in [-0.05, 0) is 65.2 Å². The van der Waals surface area contributed by atoms with Crippen LogP contribution in [0.1, 0.15) is 55.2 Å². The highest BCUT2D eigenvalue weighted by Crippen LogP contribution is 2.43. The number of ketones is 1. The van der Waals surface area contributed by atoms with Crippen molar-refractivity contribution in [1.82, 2.24) is 9.29 Å². The van der Waals surface area contributed by atoms with E-state index in [1.807, 2.05) is 6.92 Å². The molecule has 4 rings (SSSR count). The molecule has 1 aromatic heterocycles. The highest BCUT2D eigenvalue weighted by Gasteiger charge is 2.45. The summed E-state index contributed by atoms with van der Waals surface area (Å²) in [7, 11) is -3.94. The molecule has 1 amide bonds. The van der Waals surface area contributed by atoms with Crippen LogP contribution in [0.25, 0.3) is 10.9 Å². The zero-order chi connectivity index (χ0) is 26.3. The van der Waals surface area contributed by atoms with Crippen molar-refractivity contribution in [3.8, 4) is 0 Å². The van der Waals surface area contributed by atoms with Gasteiger partial charge in [0, 0.05) is 23.2 Å². The van der Waals surface area contributed by atoms with E-state index in [1.165, 1.54) is 3.97 Å². The molecule has 2 aromatic carbocycles. The van der Waals surface area contributed by atoms with Crippen LogP contribution in [0.15, 0.2) is 66.1 Å². The summed E-state index contributed by atoms with van der Waals surface area (Å²) in [6.07, 6.45) is 2.12. The molecular formula is C28H32N2O5S. The molecule has 0 unspecified atom stereocenters. The van der Waals surface area contributed by atoms with Crippen LogP contribution in [0.2, 0.25) is 0 Å². The number of Topliss-reactive ketones (excluding diaryl/α,β-unsaturated/α-hetero) is 1. The van der Waals surface area contributed by atoms with Crippen LogP contribution in [0.3, 0.4) is 0 Å². The third kappa shape index (κ3) is 4.57. The van der Waals surface area contributed by atoms with Gasteiger partial charge in [0.1, 0.15) is 5.60 Å². The molecule has 8 heteroatoms. The van der Waals surface area contributed by atoms with Crippen molar-refractivity contribution in [1.29, 1.82) is 0 Å². The van der Waals surface area contributed by atoms with Gasteiger partial charge in [-0.2, -0.15) is 0 Å². The number of alkyl carbamates (subject to hydrolysis) is 1. The highest BCUT2D eigenvalue weighted by molar-refractivity contribution is 7.90. The summed E-state index contributed by atoms with van der Waals surface area (Å²) in [5.41, 5.74) is 0.658. The van der Waals surface area contributed by atoms with Crippen molar-refractivity contribution in [3.63, 3.8) is 0 Å². The number of ether oxygens (including phenoxy) is 1.